The van der Waals surface area contributed by atoms with E-state index in [4.69, 9.17) is 21.1 Å². The minimum Gasteiger partial charge on any atom is -0.497 e. The van der Waals surface area contributed by atoms with Crippen LogP contribution in [0.2, 0.25) is 5.15 Å². The van der Waals surface area contributed by atoms with E-state index in [0.29, 0.717) is 6.42 Å². The first-order valence-corrected chi connectivity index (χ1v) is 10.3. The fraction of sp³-hybridized carbons (Fsp3) is 0.167. The maximum absolute atomic E-state index is 13.0. The molecule has 32 heavy (non-hydrogen) atoms. The molecule has 0 saturated carbocycles. The third-order valence-electron chi connectivity index (χ3n) is 5.06. The first-order valence-electron chi connectivity index (χ1n) is 9.93. The molecule has 0 fully saturated rings. The summed E-state index contributed by atoms with van der Waals surface area (Å²) in [6.07, 6.45) is 1.84. The number of carbonyl (C=O) groups excluding carboxylic acids is 2. The van der Waals surface area contributed by atoms with Gasteiger partial charge < -0.3 is 9.47 Å². The Balaban J connectivity index is 1.53. The average Bonchev–Trinajstić information content (AvgIpc) is 3.29. The van der Waals surface area contributed by atoms with Crippen LogP contribution in [0.15, 0.2) is 78.0 Å². The molecule has 0 bridgehead atoms. The van der Waals surface area contributed by atoms with Crippen molar-refractivity contribution in [2.24, 2.45) is 5.10 Å². The van der Waals surface area contributed by atoms with Gasteiger partial charge in [-0.25, -0.2) is 14.8 Å². The van der Waals surface area contributed by atoms with E-state index in [2.05, 4.69) is 10.1 Å². The van der Waals surface area contributed by atoms with Crippen LogP contribution in [-0.2, 0) is 9.53 Å². The van der Waals surface area contributed by atoms with E-state index in [-0.39, 0.29) is 16.8 Å². The van der Waals surface area contributed by atoms with Gasteiger partial charge in [0.15, 0.2) is 6.61 Å². The highest BCUT2D eigenvalue weighted by Gasteiger charge is 2.33. The van der Waals surface area contributed by atoms with E-state index in [0.717, 1.165) is 22.6 Å². The van der Waals surface area contributed by atoms with Crippen LogP contribution in [-0.4, -0.2) is 41.3 Å². The molecule has 0 saturated heterocycles. The van der Waals surface area contributed by atoms with Crippen LogP contribution in [0.5, 0.6) is 5.75 Å². The quantitative estimate of drug-likeness (QED) is 0.414. The summed E-state index contributed by atoms with van der Waals surface area (Å²) in [5, 5.41) is 6.22. The molecule has 162 valence electrons. The van der Waals surface area contributed by atoms with Crippen molar-refractivity contribution >= 4 is 29.2 Å². The zero-order chi connectivity index (χ0) is 22.5. The number of nitrogens with zero attached hydrogens (tertiary/aromatic N) is 3. The number of ether oxygens (including phenoxy) is 2. The van der Waals surface area contributed by atoms with Crippen LogP contribution in [0.1, 0.15) is 33.9 Å². The predicted molar refractivity (Wildman–Crippen MR) is 120 cm³/mol. The summed E-state index contributed by atoms with van der Waals surface area (Å²) in [4.78, 5) is 29.1. The number of aromatic nitrogens is 1. The molecule has 1 amide bonds. The molecule has 4 rings (SSSR count). The van der Waals surface area contributed by atoms with Gasteiger partial charge in [0.05, 0.1) is 24.4 Å². The number of amides is 1. The predicted octanol–water partition coefficient (Wildman–Crippen LogP) is 4.28. The highest BCUT2D eigenvalue weighted by molar-refractivity contribution is 6.29. The number of pyridine rings is 1. The molecule has 7 nitrogen and oxygen atoms in total. The summed E-state index contributed by atoms with van der Waals surface area (Å²) in [6, 6.07) is 19.8. The maximum atomic E-state index is 13.0. The molecule has 1 aliphatic rings. The summed E-state index contributed by atoms with van der Waals surface area (Å²) in [5.74, 6) is -0.360. The van der Waals surface area contributed by atoms with E-state index in [1.807, 2.05) is 54.6 Å². The van der Waals surface area contributed by atoms with Crippen molar-refractivity contribution in [3.05, 3.63) is 94.8 Å². The number of hydrogen-bond donors (Lipinski definition) is 0. The van der Waals surface area contributed by atoms with Gasteiger partial charge in [0, 0.05) is 12.6 Å². The van der Waals surface area contributed by atoms with Crippen molar-refractivity contribution in [3.63, 3.8) is 0 Å². The van der Waals surface area contributed by atoms with Gasteiger partial charge in [-0.15, -0.1) is 0 Å². The maximum Gasteiger partial charge on any atom is 0.340 e. The second-order valence-corrected chi connectivity index (χ2v) is 7.48. The van der Waals surface area contributed by atoms with Crippen LogP contribution < -0.4 is 4.74 Å². The van der Waals surface area contributed by atoms with E-state index in [9.17, 15) is 9.59 Å². The molecular formula is C24H20ClN3O4. The first kappa shape index (κ1) is 21.5. The summed E-state index contributed by atoms with van der Waals surface area (Å²) < 4.78 is 10.4. The number of carbonyl (C=O) groups is 2. The normalized spacial score (nSPS) is 15.2. The fourth-order valence-electron chi connectivity index (χ4n) is 3.40. The molecule has 2 heterocycles. The third-order valence-corrected chi connectivity index (χ3v) is 5.29. The van der Waals surface area contributed by atoms with Crippen LogP contribution in [0.4, 0.5) is 0 Å². The number of benzene rings is 2. The molecule has 2 aromatic carbocycles. The molecule has 0 radical (unpaired) electrons. The number of esters is 1. The third kappa shape index (κ3) is 4.78. The lowest BCUT2D eigenvalue weighted by Gasteiger charge is -2.22. The molecule has 0 spiro atoms. The summed E-state index contributed by atoms with van der Waals surface area (Å²) in [7, 11) is 1.60. The Morgan fingerprint density at radius 2 is 1.81 bits per heavy atom. The molecule has 3 aromatic rings. The molecule has 1 aromatic heterocycles. The molecule has 1 aliphatic heterocycles. The minimum atomic E-state index is -0.657. The lowest BCUT2D eigenvalue weighted by Crippen LogP contribution is -2.31. The number of hydrogen-bond acceptors (Lipinski definition) is 6. The average molecular weight is 450 g/mol. The van der Waals surface area contributed by atoms with Crippen LogP contribution in [0.25, 0.3) is 0 Å². The molecule has 0 unspecified atom stereocenters. The second kappa shape index (κ2) is 9.62. The minimum absolute atomic E-state index is 0.212. The van der Waals surface area contributed by atoms with Crippen molar-refractivity contribution in [2.45, 2.75) is 12.5 Å². The molecular weight excluding hydrogens is 430 g/mol. The van der Waals surface area contributed by atoms with E-state index < -0.39 is 18.5 Å². The standard InChI is InChI=1S/C24H20ClN3O4/c1-31-19-10-7-17(8-11-19)21-13-20(16-5-3-2-4-6-16)27-28(21)23(29)15-32-24(30)18-9-12-22(25)26-14-18/h2-12,14,21H,13,15H2,1H3/t21-/m1/s1. The Hall–Kier alpha value is -3.71. The van der Waals surface area contributed by atoms with E-state index in [1.54, 1.807) is 7.11 Å². The van der Waals surface area contributed by atoms with Gasteiger partial charge in [0.25, 0.3) is 5.91 Å². The molecule has 0 aliphatic carbocycles. The molecule has 8 heteroatoms. The van der Waals surface area contributed by atoms with Crippen molar-refractivity contribution < 1.29 is 19.1 Å². The SMILES string of the molecule is COc1ccc([C@H]2CC(c3ccccc3)=NN2C(=O)COC(=O)c2ccc(Cl)nc2)cc1. The number of rotatable bonds is 6. The Morgan fingerprint density at radius 3 is 2.47 bits per heavy atom. The summed E-state index contributed by atoms with van der Waals surface area (Å²) in [6.45, 7) is -0.445. The lowest BCUT2D eigenvalue weighted by atomic mass is 9.98. The number of methoxy groups -OCH3 is 1. The molecule has 0 N–H and O–H groups in total. The Bertz CT molecular complexity index is 1130. The topological polar surface area (TPSA) is 81.1 Å². The Morgan fingerprint density at radius 1 is 1.06 bits per heavy atom. The molecule has 1 atom stereocenters. The van der Waals surface area contributed by atoms with Gasteiger partial charge >= 0.3 is 5.97 Å². The zero-order valence-corrected chi connectivity index (χ0v) is 18.0. The van der Waals surface area contributed by atoms with Crippen molar-refractivity contribution in [1.29, 1.82) is 0 Å². The highest BCUT2D eigenvalue weighted by Crippen LogP contribution is 2.33. The number of hydrazone groups is 1. The van der Waals surface area contributed by atoms with Crippen molar-refractivity contribution in [1.82, 2.24) is 9.99 Å². The van der Waals surface area contributed by atoms with Gasteiger partial charge in [-0.05, 0) is 35.4 Å². The Labute approximate surface area is 190 Å². The van der Waals surface area contributed by atoms with Crippen LogP contribution in [0.3, 0.4) is 0 Å². The van der Waals surface area contributed by atoms with Crippen molar-refractivity contribution in [2.75, 3.05) is 13.7 Å². The lowest BCUT2D eigenvalue weighted by molar-refractivity contribution is -0.136. The van der Waals surface area contributed by atoms with Crippen LogP contribution in [0, 0.1) is 0 Å². The van der Waals surface area contributed by atoms with E-state index >= 15 is 0 Å². The van der Waals surface area contributed by atoms with Gasteiger partial charge in [-0.1, -0.05) is 54.1 Å². The van der Waals surface area contributed by atoms with Gasteiger partial charge in [-0.2, -0.15) is 5.10 Å². The second-order valence-electron chi connectivity index (χ2n) is 7.09. The number of halogens is 1. The largest absolute Gasteiger partial charge is 0.497 e. The highest BCUT2D eigenvalue weighted by atomic mass is 35.5. The van der Waals surface area contributed by atoms with Crippen LogP contribution >= 0.6 is 11.6 Å². The summed E-state index contributed by atoms with van der Waals surface area (Å²) in [5.41, 5.74) is 2.84. The van der Waals surface area contributed by atoms with Gasteiger partial charge in [0.1, 0.15) is 10.9 Å². The van der Waals surface area contributed by atoms with Crippen molar-refractivity contribution in [3.8, 4) is 5.75 Å². The van der Waals surface area contributed by atoms with Gasteiger partial charge in [-0.3, -0.25) is 4.79 Å². The Kier molecular flexibility index (Phi) is 6.47. The smallest absolute Gasteiger partial charge is 0.340 e. The monoisotopic (exact) mass is 449 g/mol. The summed E-state index contributed by atoms with van der Waals surface area (Å²) >= 11 is 5.74. The van der Waals surface area contributed by atoms with Gasteiger partial charge in [0.2, 0.25) is 0 Å². The van der Waals surface area contributed by atoms with E-state index in [1.165, 1.54) is 23.3 Å². The zero-order valence-electron chi connectivity index (χ0n) is 17.3. The fourth-order valence-corrected chi connectivity index (χ4v) is 3.52. The first-order chi connectivity index (χ1) is 15.5.